The number of rotatable bonds is 39. The van der Waals surface area contributed by atoms with Gasteiger partial charge >= 0.3 is 0 Å². The summed E-state index contributed by atoms with van der Waals surface area (Å²) in [7, 11) is 2.38. The highest BCUT2D eigenvalue weighted by molar-refractivity contribution is 9.10. The second-order valence-electron chi connectivity index (χ2n) is 21.8. The van der Waals surface area contributed by atoms with Crippen LogP contribution in [0.25, 0.3) is 0 Å². The third-order valence-electron chi connectivity index (χ3n) is 14.4. The quantitative estimate of drug-likeness (QED) is 0.0483. The van der Waals surface area contributed by atoms with Crippen LogP contribution in [-0.4, -0.2) is 55.7 Å². The third-order valence-corrected chi connectivity index (χ3v) is 17.2. The minimum absolute atomic E-state index is 0.00861. The Bertz CT molecular complexity index is 2590. The summed E-state index contributed by atoms with van der Waals surface area (Å²) < 4.78 is 63.7. The largest absolute Gasteiger partial charge is 0.490 e. The van der Waals surface area contributed by atoms with Gasteiger partial charge in [0.1, 0.15) is 0 Å². The molecule has 0 fully saturated rings. The zero-order chi connectivity index (χ0) is 58.8. The topological polar surface area (TPSA) is 89.5 Å². The average molecular weight is 1170 g/mol. The summed E-state index contributed by atoms with van der Waals surface area (Å²) in [4.78, 5) is 0.273. The van der Waals surface area contributed by atoms with Gasteiger partial charge in [-0.3, -0.25) is 0 Å². The minimum atomic E-state index is -3.77. The molecular formula is C69H103BrO8S. The van der Waals surface area contributed by atoms with Crippen molar-refractivity contribution in [3.63, 3.8) is 0 Å². The fourth-order valence-corrected chi connectivity index (χ4v) is 11.3. The standard InChI is InChI=1S/C69H103BrO8S/c1-51(2)25-17-26-52(3)27-18-28-53(4)29-19-30-54(5)31-20-32-55(6)33-21-34-56(7)35-22-36-57(8)37-23-38-58(9)39-24-40-59(10)41-48-65(79(71,72)63-45-43-62(70)44-46-63)60(11)42-47-64-61(12)66(77-49-73-13)68(75-15)69(76-16)67(64)78-50-74-14/h25,27,29,31,33,35,37,39,41-46,65H,17-24,26,28,30,32,34,36,38,40,47-50H2,1-16H3/b52-27+,53-29+,54-31+,55-33+,56-35+,57-37+,58-39+,59-41+,60-42+. The number of allylic oxidation sites excluding steroid dienone is 19. The summed E-state index contributed by atoms with van der Waals surface area (Å²) in [5.74, 6) is 1.58. The molecule has 0 radical (unpaired) electrons. The Morgan fingerprint density at radius 3 is 1.13 bits per heavy atom. The number of hydrogen-bond donors (Lipinski definition) is 0. The Balaban J connectivity index is 1.94. The first-order valence-electron chi connectivity index (χ1n) is 28.7. The SMILES string of the molecule is COCOc1c(C)c(C/C=C(\C)C(C/C=C(\C)CC/C=C(\C)CC/C=C(\C)CC/C=C(\C)CC/C=C(\C)CC/C=C(\C)CC/C=C(\C)CC/C=C(\C)CCC=C(C)C)S(=O)(=O)c2ccc(Br)cc2)c(OCOC)c(OC)c1OC. The van der Waals surface area contributed by atoms with Crippen molar-refractivity contribution in [1.29, 1.82) is 0 Å². The molecule has 2 aromatic carbocycles. The molecule has 0 bridgehead atoms. The van der Waals surface area contributed by atoms with Crippen molar-refractivity contribution in [2.45, 2.75) is 209 Å². The molecule has 8 nitrogen and oxygen atoms in total. The van der Waals surface area contributed by atoms with Gasteiger partial charge in [0, 0.05) is 29.8 Å². The zero-order valence-corrected chi connectivity index (χ0v) is 54.3. The average Bonchev–Trinajstić information content (AvgIpc) is 3.44. The molecule has 1 atom stereocenters. The highest BCUT2D eigenvalue weighted by atomic mass is 79.9. The lowest BCUT2D eigenvalue weighted by molar-refractivity contribution is 0.0439. The maximum absolute atomic E-state index is 14.4. The van der Waals surface area contributed by atoms with E-state index in [1.165, 1.54) is 65.2 Å². The van der Waals surface area contributed by atoms with Gasteiger partial charge in [0.05, 0.1) is 24.4 Å². The van der Waals surface area contributed by atoms with E-state index < -0.39 is 15.1 Å². The summed E-state index contributed by atoms with van der Waals surface area (Å²) in [6.45, 7) is 26.1. The summed E-state index contributed by atoms with van der Waals surface area (Å²) in [5.41, 5.74) is 15.1. The predicted molar refractivity (Wildman–Crippen MR) is 340 cm³/mol. The first-order valence-corrected chi connectivity index (χ1v) is 31.1. The van der Waals surface area contributed by atoms with Crippen molar-refractivity contribution in [3.8, 4) is 23.0 Å². The normalized spacial score (nSPS) is 14.2. The number of hydrogen-bond acceptors (Lipinski definition) is 8. The van der Waals surface area contributed by atoms with Gasteiger partial charge < -0.3 is 28.4 Å². The van der Waals surface area contributed by atoms with E-state index in [0.717, 1.165) is 117 Å². The van der Waals surface area contributed by atoms with Crippen LogP contribution < -0.4 is 18.9 Å². The molecule has 1 unspecified atom stereocenters. The van der Waals surface area contributed by atoms with Gasteiger partial charge in [-0.1, -0.05) is 132 Å². The maximum atomic E-state index is 14.4. The summed E-state index contributed by atoms with van der Waals surface area (Å²) >= 11 is 3.46. The molecule has 2 aromatic rings. The molecule has 10 heteroatoms. The monoisotopic (exact) mass is 1170 g/mol. The predicted octanol–water partition coefficient (Wildman–Crippen LogP) is 20.2. The van der Waals surface area contributed by atoms with Gasteiger partial charge in [0.15, 0.2) is 34.9 Å². The molecule has 440 valence electrons. The van der Waals surface area contributed by atoms with Crippen LogP contribution in [0, 0.1) is 6.92 Å². The summed E-state index contributed by atoms with van der Waals surface area (Å²) in [6.07, 6.45) is 41.3. The molecule has 0 saturated heterocycles. The zero-order valence-electron chi connectivity index (χ0n) is 51.9. The Kier molecular flexibility index (Phi) is 35.5. The number of sulfone groups is 1. The van der Waals surface area contributed by atoms with Crippen molar-refractivity contribution in [1.82, 2.24) is 0 Å². The van der Waals surface area contributed by atoms with Gasteiger partial charge in [-0.25, -0.2) is 8.42 Å². The van der Waals surface area contributed by atoms with Crippen LogP contribution in [-0.2, 0) is 25.7 Å². The highest BCUT2D eigenvalue weighted by Crippen LogP contribution is 2.50. The van der Waals surface area contributed by atoms with E-state index in [-0.39, 0.29) is 18.5 Å². The van der Waals surface area contributed by atoms with E-state index in [1.54, 1.807) is 38.5 Å². The first-order chi connectivity index (χ1) is 37.7. The molecule has 0 N–H and O–H groups in total. The van der Waals surface area contributed by atoms with E-state index in [1.807, 2.05) is 19.9 Å². The molecule has 0 spiro atoms. The van der Waals surface area contributed by atoms with Gasteiger partial charge in [-0.05, 0) is 223 Å². The van der Waals surface area contributed by atoms with Crippen molar-refractivity contribution in [2.24, 2.45) is 0 Å². The first kappa shape index (κ1) is 70.5. The Morgan fingerprint density at radius 1 is 0.456 bits per heavy atom. The number of benzene rings is 2. The van der Waals surface area contributed by atoms with Crippen molar-refractivity contribution in [3.05, 3.63) is 156 Å². The molecular weight excluding hydrogens is 1070 g/mol. The third kappa shape index (κ3) is 28.1. The van der Waals surface area contributed by atoms with Gasteiger partial charge in [0.2, 0.25) is 11.5 Å². The fourth-order valence-electron chi connectivity index (χ4n) is 9.28. The Morgan fingerprint density at radius 2 is 0.785 bits per heavy atom. The molecule has 0 aliphatic heterocycles. The number of halogens is 1. The van der Waals surface area contributed by atoms with E-state index in [2.05, 4.69) is 140 Å². The molecule has 0 aromatic heterocycles. The molecule has 0 saturated carbocycles. The Labute approximate surface area is 490 Å². The van der Waals surface area contributed by atoms with Gasteiger partial charge in [-0.15, -0.1) is 0 Å². The van der Waals surface area contributed by atoms with Crippen LogP contribution in [0.5, 0.6) is 23.0 Å². The smallest absolute Gasteiger partial charge is 0.207 e. The highest BCUT2D eigenvalue weighted by Gasteiger charge is 2.30. The van der Waals surface area contributed by atoms with Crippen LogP contribution in [0.3, 0.4) is 0 Å². The van der Waals surface area contributed by atoms with Crippen molar-refractivity contribution in [2.75, 3.05) is 42.0 Å². The van der Waals surface area contributed by atoms with E-state index in [0.29, 0.717) is 41.4 Å². The maximum Gasteiger partial charge on any atom is 0.207 e. The summed E-state index contributed by atoms with van der Waals surface area (Å²) in [5, 5.41) is -0.800. The van der Waals surface area contributed by atoms with Gasteiger partial charge in [0.25, 0.3) is 0 Å². The van der Waals surface area contributed by atoms with Crippen LogP contribution in [0.2, 0.25) is 0 Å². The van der Waals surface area contributed by atoms with E-state index in [9.17, 15) is 8.42 Å². The molecule has 0 aliphatic rings. The van der Waals surface area contributed by atoms with Crippen molar-refractivity contribution >= 4 is 25.8 Å². The van der Waals surface area contributed by atoms with Crippen LogP contribution in [0.1, 0.15) is 196 Å². The molecule has 2 rings (SSSR count). The number of methoxy groups -OCH3 is 4. The van der Waals surface area contributed by atoms with Crippen LogP contribution >= 0.6 is 15.9 Å². The second-order valence-corrected chi connectivity index (χ2v) is 24.8. The molecule has 79 heavy (non-hydrogen) atoms. The van der Waals surface area contributed by atoms with E-state index in [4.69, 9.17) is 28.4 Å². The van der Waals surface area contributed by atoms with E-state index >= 15 is 0 Å². The molecule has 0 aliphatic carbocycles. The molecule has 0 heterocycles. The lowest BCUT2D eigenvalue weighted by atomic mass is 9.99. The second kappa shape index (κ2) is 39.7. The minimum Gasteiger partial charge on any atom is -0.490 e. The summed E-state index contributed by atoms with van der Waals surface area (Å²) in [6, 6.07) is 6.85. The fraction of sp³-hybridized carbons (Fsp3) is 0.536. The lowest BCUT2D eigenvalue weighted by Gasteiger charge is -2.23. The molecule has 0 amide bonds. The Hall–Kier alpha value is -4.61. The van der Waals surface area contributed by atoms with Gasteiger partial charge in [-0.2, -0.15) is 0 Å². The van der Waals surface area contributed by atoms with Crippen LogP contribution in [0.4, 0.5) is 0 Å². The lowest BCUT2D eigenvalue weighted by Crippen LogP contribution is -2.23. The number of ether oxygens (including phenoxy) is 6. The van der Waals surface area contributed by atoms with Crippen LogP contribution in [0.15, 0.2) is 150 Å². The van der Waals surface area contributed by atoms with Crippen molar-refractivity contribution < 1.29 is 36.8 Å².